The summed E-state index contributed by atoms with van der Waals surface area (Å²) in [6.45, 7) is 10.2. The van der Waals surface area contributed by atoms with Gasteiger partial charge in [-0.05, 0) is 74.2 Å². The van der Waals surface area contributed by atoms with Crippen molar-refractivity contribution in [2.75, 3.05) is 6.54 Å². The molecule has 1 aliphatic carbocycles. The summed E-state index contributed by atoms with van der Waals surface area (Å²) in [7, 11) is 0. The van der Waals surface area contributed by atoms with Crippen molar-refractivity contribution in [3.05, 3.63) is 33.3 Å². The lowest BCUT2D eigenvalue weighted by Gasteiger charge is -2.39. The van der Waals surface area contributed by atoms with Gasteiger partial charge in [-0.25, -0.2) is 0 Å². The Hall–Kier alpha value is -0.340. The maximum Gasteiger partial charge on any atom is 0.0379 e. The van der Waals surface area contributed by atoms with Crippen molar-refractivity contribution in [2.45, 2.75) is 72.3 Å². The first-order chi connectivity index (χ1) is 10.0. The highest BCUT2D eigenvalue weighted by molar-refractivity contribution is 9.10. The largest absolute Gasteiger partial charge is 0.309 e. The van der Waals surface area contributed by atoms with Crippen LogP contribution in [0.2, 0.25) is 0 Å². The van der Waals surface area contributed by atoms with Gasteiger partial charge in [-0.15, -0.1) is 0 Å². The molecule has 0 radical (unpaired) electrons. The van der Waals surface area contributed by atoms with Gasteiger partial charge < -0.3 is 5.32 Å². The van der Waals surface area contributed by atoms with Crippen molar-refractivity contribution in [1.29, 1.82) is 0 Å². The molecule has 0 spiro atoms. The van der Waals surface area contributed by atoms with Crippen LogP contribution in [-0.4, -0.2) is 6.54 Å². The van der Waals surface area contributed by atoms with Gasteiger partial charge >= 0.3 is 0 Å². The minimum atomic E-state index is 0.459. The zero-order valence-corrected chi connectivity index (χ0v) is 15.6. The average molecular weight is 352 g/mol. The zero-order valence-electron chi connectivity index (χ0n) is 14.1. The van der Waals surface area contributed by atoms with Crippen LogP contribution in [0.15, 0.2) is 16.6 Å². The standard InChI is InChI=1S/C19H30BrN/c1-5-11-21-18(19(6-2)9-7-8-10-19)16-12-15(4)17(20)13-14(16)3/h12-13,18,21H,5-11H2,1-4H3. The molecule has 1 aliphatic rings. The number of hydrogen-bond donors (Lipinski definition) is 1. The SMILES string of the molecule is CCCNC(c1cc(C)c(Br)cc1C)C1(CC)CCCC1. The van der Waals surface area contributed by atoms with Gasteiger partial charge in [-0.3, -0.25) is 0 Å². The molecule has 0 aliphatic heterocycles. The van der Waals surface area contributed by atoms with E-state index in [1.165, 1.54) is 59.7 Å². The Balaban J connectivity index is 2.42. The molecule has 1 aromatic rings. The number of benzene rings is 1. The summed E-state index contributed by atoms with van der Waals surface area (Å²) < 4.78 is 1.23. The lowest BCUT2D eigenvalue weighted by molar-refractivity contribution is 0.186. The maximum absolute atomic E-state index is 3.89. The van der Waals surface area contributed by atoms with Gasteiger partial charge in [0.25, 0.3) is 0 Å². The van der Waals surface area contributed by atoms with E-state index >= 15 is 0 Å². The van der Waals surface area contributed by atoms with Crippen LogP contribution in [0.1, 0.15) is 75.1 Å². The molecule has 1 atom stereocenters. The summed E-state index contributed by atoms with van der Waals surface area (Å²) in [5.74, 6) is 0. The molecule has 0 heterocycles. The summed E-state index contributed by atoms with van der Waals surface area (Å²) in [5.41, 5.74) is 4.75. The van der Waals surface area contributed by atoms with Gasteiger partial charge in [0.2, 0.25) is 0 Å². The molecule has 0 aromatic heterocycles. The summed E-state index contributed by atoms with van der Waals surface area (Å²) in [5, 5.41) is 3.89. The first kappa shape index (κ1) is 17.0. The quantitative estimate of drug-likeness (QED) is 0.654. The highest BCUT2D eigenvalue weighted by Gasteiger charge is 2.40. The Morgan fingerprint density at radius 2 is 1.81 bits per heavy atom. The van der Waals surface area contributed by atoms with Crippen LogP contribution < -0.4 is 5.32 Å². The van der Waals surface area contributed by atoms with Crippen molar-refractivity contribution in [2.24, 2.45) is 5.41 Å². The van der Waals surface area contributed by atoms with Gasteiger partial charge in [0.15, 0.2) is 0 Å². The number of rotatable bonds is 6. The minimum Gasteiger partial charge on any atom is -0.309 e. The molecule has 2 heteroatoms. The molecule has 118 valence electrons. The van der Waals surface area contributed by atoms with Gasteiger partial charge in [-0.2, -0.15) is 0 Å². The Morgan fingerprint density at radius 1 is 1.14 bits per heavy atom. The smallest absolute Gasteiger partial charge is 0.0379 e. The van der Waals surface area contributed by atoms with Crippen LogP contribution in [0.4, 0.5) is 0 Å². The number of halogens is 1. The van der Waals surface area contributed by atoms with Crippen LogP contribution in [-0.2, 0) is 0 Å². The molecule has 1 unspecified atom stereocenters. The monoisotopic (exact) mass is 351 g/mol. The lowest BCUT2D eigenvalue weighted by Crippen LogP contribution is -2.37. The van der Waals surface area contributed by atoms with E-state index in [2.05, 4.69) is 61.1 Å². The van der Waals surface area contributed by atoms with Gasteiger partial charge in [-0.1, -0.05) is 48.7 Å². The van der Waals surface area contributed by atoms with Gasteiger partial charge in [0.05, 0.1) is 0 Å². The van der Waals surface area contributed by atoms with E-state index in [4.69, 9.17) is 0 Å². The normalized spacial score (nSPS) is 18.9. The second-order valence-corrected chi connectivity index (χ2v) is 7.62. The van der Waals surface area contributed by atoms with Crippen LogP contribution in [0.25, 0.3) is 0 Å². The third-order valence-corrected chi connectivity index (χ3v) is 6.23. The molecule has 0 amide bonds. The number of aryl methyl sites for hydroxylation is 2. The predicted molar refractivity (Wildman–Crippen MR) is 95.8 cm³/mol. The third-order valence-electron chi connectivity index (χ3n) is 5.37. The fourth-order valence-electron chi connectivity index (χ4n) is 3.98. The summed E-state index contributed by atoms with van der Waals surface area (Å²) in [6.07, 6.45) is 8.02. The topological polar surface area (TPSA) is 12.0 Å². The third kappa shape index (κ3) is 3.53. The summed E-state index contributed by atoms with van der Waals surface area (Å²) in [4.78, 5) is 0. The van der Waals surface area contributed by atoms with Crippen molar-refractivity contribution < 1.29 is 0 Å². The van der Waals surface area contributed by atoms with E-state index in [9.17, 15) is 0 Å². The first-order valence-corrected chi connectivity index (χ1v) is 9.33. The Bertz CT molecular complexity index is 475. The number of nitrogens with one attached hydrogen (secondary N) is 1. The van der Waals surface area contributed by atoms with E-state index in [0.717, 1.165) is 6.54 Å². The molecule has 1 nitrogen and oxygen atoms in total. The minimum absolute atomic E-state index is 0.459. The fraction of sp³-hybridized carbons (Fsp3) is 0.684. The summed E-state index contributed by atoms with van der Waals surface area (Å²) in [6, 6.07) is 5.21. The Kier molecular flexibility index (Phi) is 5.90. The Morgan fingerprint density at radius 3 is 2.38 bits per heavy atom. The van der Waals surface area contributed by atoms with E-state index in [-0.39, 0.29) is 0 Å². The number of hydrogen-bond acceptors (Lipinski definition) is 1. The Labute approximate surface area is 139 Å². The molecule has 1 saturated carbocycles. The molecule has 1 aromatic carbocycles. The summed E-state index contributed by atoms with van der Waals surface area (Å²) >= 11 is 3.68. The molecule has 0 bridgehead atoms. The van der Waals surface area contributed by atoms with Crippen LogP contribution in [0, 0.1) is 19.3 Å². The first-order valence-electron chi connectivity index (χ1n) is 8.54. The van der Waals surface area contributed by atoms with E-state index in [1.807, 2.05) is 0 Å². The maximum atomic E-state index is 3.89. The lowest BCUT2D eigenvalue weighted by atomic mass is 9.72. The van der Waals surface area contributed by atoms with Crippen molar-refractivity contribution in [1.82, 2.24) is 5.32 Å². The van der Waals surface area contributed by atoms with Crippen LogP contribution >= 0.6 is 15.9 Å². The van der Waals surface area contributed by atoms with E-state index in [0.29, 0.717) is 11.5 Å². The van der Waals surface area contributed by atoms with E-state index < -0.39 is 0 Å². The van der Waals surface area contributed by atoms with Crippen molar-refractivity contribution in [3.8, 4) is 0 Å². The average Bonchev–Trinajstić information content (AvgIpc) is 2.94. The fourth-order valence-corrected chi connectivity index (χ4v) is 4.44. The highest BCUT2D eigenvalue weighted by Crippen LogP contribution is 2.50. The van der Waals surface area contributed by atoms with Gasteiger partial charge in [0, 0.05) is 10.5 Å². The molecule has 1 N–H and O–H groups in total. The highest BCUT2D eigenvalue weighted by atomic mass is 79.9. The predicted octanol–water partition coefficient (Wildman–Crippen LogP) is 6.08. The molecule has 2 rings (SSSR count). The molecule has 0 saturated heterocycles. The molecular weight excluding hydrogens is 322 g/mol. The van der Waals surface area contributed by atoms with Gasteiger partial charge in [0.1, 0.15) is 0 Å². The second-order valence-electron chi connectivity index (χ2n) is 6.77. The van der Waals surface area contributed by atoms with Crippen molar-refractivity contribution in [3.63, 3.8) is 0 Å². The van der Waals surface area contributed by atoms with E-state index in [1.54, 1.807) is 0 Å². The molecular formula is C19H30BrN. The molecule has 21 heavy (non-hydrogen) atoms. The second kappa shape index (κ2) is 7.28. The molecule has 1 fully saturated rings. The van der Waals surface area contributed by atoms with Crippen LogP contribution in [0.5, 0.6) is 0 Å². The van der Waals surface area contributed by atoms with Crippen LogP contribution in [0.3, 0.4) is 0 Å². The van der Waals surface area contributed by atoms with Crippen molar-refractivity contribution >= 4 is 15.9 Å². The zero-order chi connectivity index (χ0) is 15.5.